The van der Waals surface area contributed by atoms with Crippen LogP contribution in [-0.4, -0.2) is 66.5 Å². The maximum Gasteiger partial charge on any atom is 0.242 e. The second-order valence-electron chi connectivity index (χ2n) is 5.39. The molecule has 1 aliphatic heterocycles. The van der Waals surface area contributed by atoms with Crippen molar-refractivity contribution in [3.8, 4) is 5.88 Å². The van der Waals surface area contributed by atoms with Crippen LogP contribution >= 0.6 is 0 Å². The van der Waals surface area contributed by atoms with Gasteiger partial charge >= 0.3 is 0 Å². The Balaban J connectivity index is 1.87. The van der Waals surface area contributed by atoms with Crippen molar-refractivity contribution in [3.63, 3.8) is 0 Å². The van der Waals surface area contributed by atoms with Gasteiger partial charge in [-0.25, -0.2) is 0 Å². The predicted molar refractivity (Wildman–Crippen MR) is 80.7 cm³/mol. The second-order valence-corrected chi connectivity index (χ2v) is 5.39. The van der Waals surface area contributed by atoms with Gasteiger partial charge in [-0.05, 0) is 0 Å². The van der Waals surface area contributed by atoms with Gasteiger partial charge in [-0.1, -0.05) is 0 Å². The Morgan fingerprint density at radius 1 is 1.45 bits per heavy atom. The molecule has 120 valence electrons. The number of anilines is 1. The first kappa shape index (κ1) is 16.0. The van der Waals surface area contributed by atoms with Gasteiger partial charge in [0, 0.05) is 34.0 Å². The Kier molecular flexibility index (Phi) is 5.13. The third-order valence-electron chi connectivity index (χ3n) is 3.33. The number of aromatic nitrogens is 2. The second kappa shape index (κ2) is 7.06. The van der Waals surface area contributed by atoms with Crippen LogP contribution in [0.25, 0.3) is 0 Å². The maximum atomic E-state index is 11.9. The molecule has 8 nitrogen and oxygen atoms in total. The summed E-state index contributed by atoms with van der Waals surface area (Å²) in [5.74, 6) is 0.854. The van der Waals surface area contributed by atoms with Crippen molar-refractivity contribution in [1.29, 1.82) is 0 Å². The van der Waals surface area contributed by atoms with Gasteiger partial charge in [0.05, 0.1) is 25.5 Å². The van der Waals surface area contributed by atoms with Crippen molar-refractivity contribution in [2.24, 2.45) is 0 Å². The highest BCUT2D eigenvalue weighted by Crippen LogP contribution is 2.18. The number of ether oxygens (including phenoxy) is 1. The summed E-state index contributed by atoms with van der Waals surface area (Å²) >= 11 is 0. The lowest BCUT2D eigenvalue weighted by Gasteiger charge is -2.17. The van der Waals surface area contributed by atoms with E-state index in [2.05, 4.69) is 15.3 Å². The SMILES string of the molecule is CC(=O)NCC(=O)N1CC[C@@H](Oc2cncc(N(C)C)n2)C1. The first-order valence-electron chi connectivity index (χ1n) is 7.14. The number of likely N-dealkylation sites (tertiary alicyclic amines) is 1. The number of hydrogen-bond acceptors (Lipinski definition) is 6. The van der Waals surface area contributed by atoms with E-state index in [-0.39, 0.29) is 24.5 Å². The highest BCUT2D eigenvalue weighted by atomic mass is 16.5. The Hall–Kier alpha value is -2.38. The zero-order chi connectivity index (χ0) is 16.1. The number of hydrogen-bond donors (Lipinski definition) is 1. The molecule has 1 N–H and O–H groups in total. The number of nitrogens with one attached hydrogen (secondary N) is 1. The fourth-order valence-corrected chi connectivity index (χ4v) is 2.14. The number of carbonyl (C=O) groups is 2. The van der Waals surface area contributed by atoms with E-state index in [1.165, 1.54) is 6.92 Å². The summed E-state index contributed by atoms with van der Waals surface area (Å²) in [6, 6.07) is 0. The van der Waals surface area contributed by atoms with E-state index < -0.39 is 0 Å². The van der Waals surface area contributed by atoms with Crippen molar-refractivity contribution in [2.75, 3.05) is 38.6 Å². The number of nitrogens with zero attached hydrogens (tertiary/aromatic N) is 4. The smallest absolute Gasteiger partial charge is 0.242 e. The summed E-state index contributed by atoms with van der Waals surface area (Å²) < 4.78 is 5.79. The Labute approximate surface area is 129 Å². The molecular weight excluding hydrogens is 286 g/mol. The van der Waals surface area contributed by atoms with Crippen molar-refractivity contribution in [1.82, 2.24) is 20.2 Å². The molecule has 1 aromatic rings. The van der Waals surface area contributed by atoms with Gasteiger partial charge in [0.2, 0.25) is 17.7 Å². The van der Waals surface area contributed by atoms with E-state index >= 15 is 0 Å². The zero-order valence-electron chi connectivity index (χ0n) is 13.1. The summed E-state index contributed by atoms with van der Waals surface area (Å²) in [5, 5.41) is 2.51. The van der Waals surface area contributed by atoms with E-state index in [1.54, 1.807) is 17.3 Å². The number of carbonyl (C=O) groups excluding carboxylic acids is 2. The fourth-order valence-electron chi connectivity index (χ4n) is 2.14. The van der Waals surface area contributed by atoms with Crippen LogP contribution < -0.4 is 15.0 Å². The van der Waals surface area contributed by atoms with E-state index in [9.17, 15) is 9.59 Å². The normalized spacial score (nSPS) is 17.2. The molecule has 0 aromatic carbocycles. The van der Waals surface area contributed by atoms with Crippen molar-refractivity contribution in [3.05, 3.63) is 12.4 Å². The van der Waals surface area contributed by atoms with Crippen LogP contribution in [0.3, 0.4) is 0 Å². The molecule has 1 aromatic heterocycles. The van der Waals surface area contributed by atoms with Crippen molar-refractivity contribution in [2.45, 2.75) is 19.4 Å². The molecule has 2 heterocycles. The van der Waals surface area contributed by atoms with Crippen LogP contribution in [0.4, 0.5) is 5.82 Å². The van der Waals surface area contributed by atoms with Gasteiger partial charge in [-0.15, -0.1) is 0 Å². The highest BCUT2D eigenvalue weighted by Gasteiger charge is 2.27. The molecule has 2 amide bonds. The Bertz CT molecular complexity index is 549. The maximum absolute atomic E-state index is 11.9. The molecule has 22 heavy (non-hydrogen) atoms. The van der Waals surface area contributed by atoms with Crippen LogP contribution in [0, 0.1) is 0 Å². The van der Waals surface area contributed by atoms with Crippen LogP contribution in [0.2, 0.25) is 0 Å². The summed E-state index contributed by atoms with van der Waals surface area (Å²) in [5.41, 5.74) is 0. The highest BCUT2D eigenvalue weighted by molar-refractivity contribution is 5.83. The lowest BCUT2D eigenvalue weighted by Crippen LogP contribution is -2.39. The van der Waals surface area contributed by atoms with Gasteiger partial charge in [0.15, 0.2) is 5.82 Å². The summed E-state index contributed by atoms with van der Waals surface area (Å²) in [6.45, 7) is 2.52. The summed E-state index contributed by atoms with van der Waals surface area (Å²) in [6.07, 6.45) is 3.85. The summed E-state index contributed by atoms with van der Waals surface area (Å²) in [7, 11) is 3.76. The fraction of sp³-hybridized carbons (Fsp3) is 0.571. The lowest BCUT2D eigenvalue weighted by molar-refractivity contribution is -0.131. The molecule has 1 fully saturated rings. The van der Waals surface area contributed by atoms with Crippen LogP contribution in [0.15, 0.2) is 12.4 Å². The Morgan fingerprint density at radius 3 is 2.91 bits per heavy atom. The van der Waals surface area contributed by atoms with Crippen LogP contribution in [0.1, 0.15) is 13.3 Å². The van der Waals surface area contributed by atoms with E-state index in [0.717, 1.165) is 6.42 Å². The Morgan fingerprint density at radius 2 is 2.23 bits per heavy atom. The minimum absolute atomic E-state index is 0.0258. The number of amides is 2. The quantitative estimate of drug-likeness (QED) is 0.800. The molecule has 1 aliphatic rings. The van der Waals surface area contributed by atoms with E-state index in [0.29, 0.717) is 24.8 Å². The molecule has 8 heteroatoms. The van der Waals surface area contributed by atoms with E-state index in [1.807, 2.05) is 19.0 Å². The molecule has 0 saturated carbocycles. The van der Waals surface area contributed by atoms with Crippen molar-refractivity contribution >= 4 is 17.6 Å². The van der Waals surface area contributed by atoms with Gasteiger partial charge in [0.25, 0.3) is 0 Å². The molecule has 0 bridgehead atoms. The standard InChI is InChI=1S/C14H21N5O3/c1-10(20)16-8-14(21)19-5-4-11(9-19)22-13-7-15-6-12(17-13)18(2)3/h6-7,11H,4-5,8-9H2,1-3H3,(H,16,20)/t11-/m1/s1. The van der Waals surface area contributed by atoms with Crippen molar-refractivity contribution < 1.29 is 14.3 Å². The van der Waals surface area contributed by atoms with Gasteiger partial charge in [-0.3, -0.25) is 14.6 Å². The minimum Gasteiger partial charge on any atom is -0.471 e. The van der Waals surface area contributed by atoms with E-state index in [4.69, 9.17) is 4.74 Å². The predicted octanol–water partition coefficient (Wildman–Crippen LogP) is -0.342. The summed E-state index contributed by atoms with van der Waals surface area (Å²) in [4.78, 5) is 34.7. The largest absolute Gasteiger partial charge is 0.471 e. The first-order valence-corrected chi connectivity index (χ1v) is 7.14. The third kappa shape index (κ3) is 4.31. The molecule has 1 atom stereocenters. The van der Waals surface area contributed by atoms with Crippen LogP contribution in [0.5, 0.6) is 5.88 Å². The zero-order valence-corrected chi connectivity index (χ0v) is 13.1. The lowest BCUT2D eigenvalue weighted by atomic mass is 10.3. The molecular formula is C14H21N5O3. The average Bonchev–Trinajstić information content (AvgIpc) is 2.93. The minimum atomic E-state index is -0.212. The molecule has 0 radical (unpaired) electrons. The third-order valence-corrected chi connectivity index (χ3v) is 3.33. The first-order chi connectivity index (χ1) is 10.5. The molecule has 1 saturated heterocycles. The number of rotatable bonds is 5. The van der Waals surface area contributed by atoms with Gasteiger partial charge < -0.3 is 19.9 Å². The topological polar surface area (TPSA) is 87.7 Å². The van der Waals surface area contributed by atoms with Crippen LogP contribution in [-0.2, 0) is 9.59 Å². The van der Waals surface area contributed by atoms with Gasteiger partial charge in [-0.2, -0.15) is 4.98 Å². The monoisotopic (exact) mass is 307 g/mol. The molecule has 0 spiro atoms. The van der Waals surface area contributed by atoms with Gasteiger partial charge in [0.1, 0.15) is 6.10 Å². The molecule has 0 unspecified atom stereocenters. The molecule has 2 rings (SSSR count). The average molecular weight is 307 g/mol. The molecule has 0 aliphatic carbocycles.